The summed E-state index contributed by atoms with van der Waals surface area (Å²) >= 11 is 0. The van der Waals surface area contributed by atoms with Gasteiger partial charge in [-0.1, -0.05) is 30.3 Å². The highest BCUT2D eigenvalue weighted by atomic mass is 16.5. The number of methoxy groups -OCH3 is 3. The van der Waals surface area contributed by atoms with Gasteiger partial charge in [-0.25, -0.2) is 4.98 Å². The molecule has 0 amide bonds. The third kappa shape index (κ3) is 2.79. The Morgan fingerprint density at radius 2 is 1.64 bits per heavy atom. The molecule has 141 valence electrons. The minimum atomic E-state index is 0.370. The van der Waals surface area contributed by atoms with Crippen LogP contribution in [0.25, 0.3) is 33.7 Å². The van der Waals surface area contributed by atoms with Crippen molar-refractivity contribution in [1.29, 1.82) is 0 Å². The highest BCUT2D eigenvalue weighted by Gasteiger charge is 2.22. The maximum absolute atomic E-state index is 6.16. The maximum atomic E-state index is 6.16. The zero-order valence-corrected chi connectivity index (χ0v) is 15.8. The number of fused-ring (bicyclic) bond motifs is 1. The quantitative estimate of drug-likeness (QED) is 0.515. The Hall–Kier alpha value is -3.67. The summed E-state index contributed by atoms with van der Waals surface area (Å²) in [6.07, 6.45) is 0. The van der Waals surface area contributed by atoms with Gasteiger partial charge in [-0.05, 0) is 18.2 Å². The predicted octanol–water partition coefficient (Wildman–Crippen LogP) is 4.57. The predicted molar refractivity (Wildman–Crippen MR) is 108 cm³/mol. The average molecular weight is 375 g/mol. The largest absolute Gasteiger partial charge is 0.493 e. The zero-order valence-electron chi connectivity index (χ0n) is 15.8. The van der Waals surface area contributed by atoms with Gasteiger partial charge in [-0.2, -0.15) is 0 Å². The summed E-state index contributed by atoms with van der Waals surface area (Å²) in [6, 6.07) is 18.2. The number of benzene rings is 3. The van der Waals surface area contributed by atoms with Crippen LogP contribution in [0.4, 0.5) is 5.69 Å². The molecule has 0 fully saturated rings. The molecule has 0 spiro atoms. The molecule has 0 aliphatic heterocycles. The van der Waals surface area contributed by atoms with E-state index in [4.69, 9.17) is 24.4 Å². The number of nitrogens with two attached hydrogens (primary N) is 1. The molecule has 0 atom stereocenters. The van der Waals surface area contributed by atoms with Gasteiger partial charge < -0.3 is 24.4 Å². The summed E-state index contributed by atoms with van der Waals surface area (Å²) in [4.78, 5) is 4.62. The molecule has 1 radical (unpaired) electrons. The summed E-state index contributed by atoms with van der Waals surface area (Å²) in [6.45, 7) is 0. The third-order valence-electron chi connectivity index (χ3n) is 4.51. The fourth-order valence-electron chi connectivity index (χ4n) is 3.20. The van der Waals surface area contributed by atoms with Gasteiger partial charge in [0.1, 0.15) is 5.52 Å². The van der Waals surface area contributed by atoms with Crippen LogP contribution in [0.5, 0.6) is 17.2 Å². The second kappa shape index (κ2) is 7.15. The van der Waals surface area contributed by atoms with Crippen molar-refractivity contribution in [2.75, 3.05) is 27.1 Å². The van der Waals surface area contributed by atoms with Gasteiger partial charge in [-0.15, -0.1) is 0 Å². The molecule has 1 aromatic heterocycles. The van der Waals surface area contributed by atoms with Crippen LogP contribution < -0.4 is 19.9 Å². The van der Waals surface area contributed by atoms with Crippen LogP contribution in [0.1, 0.15) is 0 Å². The normalized spacial score (nSPS) is 10.8. The lowest BCUT2D eigenvalue weighted by atomic mass is 10.0. The van der Waals surface area contributed by atoms with Crippen molar-refractivity contribution in [2.24, 2.45) is 0 Å². The van der Waals surface area contributed by atoms with E-state index in [1.807, 2.05) is 42.5 Å². The minimum absolute atomic E-state index is 0.370. The molecule has 0 saturated heterocycles. The standard InChI is InChI=1S/C22H19N2O4/c1-25-18-12-11-15(20(26-2)21(18)27-3)22-24-17-10-6-8-14(19(17)28-22)13-7-4-5-9-16(13)23/h4-10,12H,23H2,1-3H3. The van der Waals surface area contributed by atoms with Gasteiger partial charge in [-0.3, -0.25) is 0 Å². The van der Waals surface area contributed by atoms with Gasteiger partial charge in [0.25, 0.3) is 0 Å². The van der Waals surface area contributed by atoms with Gasteiger partial charge in [0.15, 0.2) is 17.1 Å². The lowest BCUT2D eigenvalue weighted by Crippen LogP contribution is -1.97. The highest BCUT2D eigenvalue weighted by molar-refractivity contribution is 5.95. The Balaban J connectivity index is 1.93. The van der Waals surface area contributed by atoms with Crippen molar-refractivity contribution in [3.05, 3.63) is 54.6 Å². The van der Waals surface area contributed by atoms with E-state index in [-0.39, 0.29) is 0 Å². The van der Waals surface area contributed by atoms with Crippen molar-refractivity contribution in [3.63, 3.8) is 0 Å². The van der Waals surface area contributed by atoms with Crippen molar-refractivity contribution < 1.29 is 18.6 Å². The number of hydrogen-bond acceptors (Lipinski definition) is 6. The zero-order chi connectivity index (χ0) is 19.7. The van der Waals surface area contributed by atoms with E-state index >= 15 is 0 Å². The number of hydrogen-bond donors (Lipinski definition) is 1. The number of anilines is 1. The van der Waals surface area contributed by atoms with E-state index in [0.717, 1.165) is 11.1 Å². The number of ether oxygens (including phenoxy) is 3. The van der Waals surface area contributed by atoms with Crippen LogP contribution in [0.2, 0.25) is 0 Å². The van der Waals surface area contributed by atoms with Crippen LogP contribution in [0.15, 0.2) is 52.9 Å². The molecule has 1 heterocycles. The maximum Gasteiger partial charge on any atom is 0.231 e. The second-order valence-corrected chi connectivity index (χ2v) is 6.06. The fourth-order valence-corrected chi connectivity index (χ4v) is 3.20. The Morgan fingerprint density at radius 1 is 0.893 bits per heavy atom. The molecular formula is C22H19N2O4. The Morgan fingerprint density at radius 3 is 2.36 bits per heavy atom. The number of para-hydroxylation sites is 2. The van der Waals surface area contributed by atoms with Crippen LogP contribution in [0, 0.1) is 6.07 Å². The van der Waals surface area contributed by atoms with Crippen LogP contribution in [0.3, 0.4) is 0 Å². The average Bonchev–Trinajstić information content (AvgIpc) is 3.17. The molecule has 4 aromatic rings. The first-order valence-electron chi connectivity index (χ1n) is 8.63. The van der Waals surface area contributed by atoms with Gasteiger partial charge in [0, 0.05) is 22.9 Å². The van der Waals surface area contributed by atoms with E-state index < -0.39 is 0 Å². The first kappa shape index (κ1) is 17.7. The molecule has 28 heavy (non-hydrogen) atoms. The molecule has 3 aromatic carbocycles. The Bertz CT molecular complexity index is 1150. The number of aromatic nitrogens is 1. The Kier molecular flexibility index (Phi) is 4.53. The van der Waals surface area contributed by atoms with E-state index in [9.17, 15) is 0 Å². The fraction of sp³-hybridized carbons (Fsp3) is 0.136. The lowest BCUT2D eigenvalue weighted by Gasteiger charge is -2.13. The van der Waals surface area contributed by atoms with Crippen LogP contribution >= 0.6 is 0 Å². The number of nitrogen functional groups attached to an aromatic ring is 1. The highest BCUT2D eigenvalue weighted by Crippen LogP contribution is 2.45. The van der Waals surface area contributed by atoms with E-state index in [1.165, 1.54) is 0 Å². The second-order valence-electron chi connectivity index (χ2n) is 6.06. The van der Waals surface area contributed by atoms with E-state index in [1.54, 1.807) is 27.4 Å². The van der Waals surface area contributed by atoms with Crippen molar-refractivity contribution >= 4 is 16.8 Å². The lowest BCUT2D eigenvalue weighted by molar-refractivity contribution is 0.324. The summed E-state index contributed by atoms with van der Waals surface area (Å²) in [5.74, 6) is 1.77. The summed E-state index contributed by atoms with van der Waals surface area (Å²) in [5.41, 5.74) is 10.5. The van der Waals surface area contributed by atoms with Crippen molar-refractivity contribution in [1.82, 2.24) is 4.98 Å². The molecule has 0 unspecified atom stereocenters. The first-order chi connectivity index (χ1) is 13.7. The monoisotopic (exact) mass is 375 g/mol. The number of oxazole rings is 1. The van der Waals surface area contributed by atoms with Crippen LogP contribution in [-0.4, -0.2) is 26.3 Å². The Labute approximate surface area is 162 Å². The van der Waals surface area contributed by atoms with E-state index in [0.29, 0.717) is 45.5 Å². The molecule has 0 saturated carbocycles. The molecule has 4 rings (SSSR count). The summed E-state index contributed by atoms with van der Waals surface area (Å²) in [5, 5.41) is 0. The van der Waals surface area contributed by atoms with Crippen LogP contribution in [-0.2, 0) is 0 Å². The molecule has 6 nitrogen and oxygen atoms in total. The molecular weight excluding hydrogens is 356 g/mol. The topological polar surface area (TPSA) is 79.7 Å². The van der Waals surface area contributed by atoms with Gasteiger partial charge >= 0.3 is 0 Å². The molecule has 0 bridgehead atoms. The minimum Gasteiger partial charge on any atom is -0.493 e. The molecule has 0 aliphatic rings. The molecule has 2 N–H and O–H groups in total. The van der Waals surface area contributed by atoms with Gasteiger partial charge in [0.05, 0.1) is 26.9 Å². The smallest absolute Gasteiger partial charge is 0.231 e. The molecule has 0 aliphatic carbocycles. The molecule has 6 heteroatoms. The van der Waals surface area contributed by atoms with Gasteiger partial charge in [0.2, 0.25) is 11.6 Å². The third-order valence-corrected chi connectivity index (χ3v) is 4.51. The SMILES string of the molecule is COc1c[c]c(-c2nc3cccc(-c4ccccc4N)c3o2)c(OC)c1OC. The van der Waals surface area contributed by atoms with Crippen molar-refractivity contribution in [3.8, 4) is 39.8 Å². The first-order valence-corrected chi connectivity index (χ1v) is 8.63. The summed E-state index contributed by atoms with van der Waals surface area (Å²) in [7, 11) is 4.65. The summed E-state index contributed by atoms with van der Waals surface area (Å²) < 4.78 is 22.4. The van der Waals surface area contributed by atoms with E-state index in [2.05, 4.69) is 11.1 Å². The number of nitrogens with zero attached hydrogens (tertiary/aromatic N) is 1. The van der Waals surface area contributed by atoms with Crippen molar-refractivity contribution in [2.45, 2.75) is 0 Å². The number of rotatable bonds is 5.